The first-order valence-corrected chi connectivity index (χ1v) is 6.60. The third-order valence-corrected chi connectivity index (χ3v) is 3.37. The monoisotopic (exact) mass is 284 g/mol. The number of carbonyl (C=O) groups is 1. The van der Waals surface area contributed by atoms with Crippen molar-refractivity contribution in [3.05, 3.63) is 35.4 Å². The number of piperazine rings is 1. The lowest BCUT2D eigenvalue weighted by Gasteiger charge is -2.35. The molecule has 1 unspecified atom stereocenters. The zero-order valence-electron chi connectivity index (χ0n) is 11.4. The molecule has 0 aromatic heterocycles. The van der Waals surface area contributed by atoms with Gasteiger partial charge < -0.3 is 10.0 Å². The molecule has 6 heteroatoms. The summed E-state index contributed by atoms with van der Waals surface area (Å²) < 4.78 is 26.2. The van der Waals surface area contributed by atoms with E-state index in [9.17, 15) is 18.7 Å². The van der Waals surface area contributed by atoms with E-state index in [0.29, 0.717) is 38.3 Å². The smallest absolute Gasteiger partial charge is 0.251 e. The highest BCUT2D eigenvalue weighted by Gasteiger charge is 2.23. The lowest BCUT2D eigenvalue weighted by molar-refractivity contribution is -0.141. The average molecular weight is 284 g/mol. The van der Waals surface area contributed by atoms with Crippen molar-refractivity contribution < 1.29 is 18.7 Å². The van der Waals surface area contributed by atoms with Crippen LogP contribution in [0.25, 0.3) is 0 Å². The molecule has 0 spiro atoms. The first-order valence-electron chi connectivity index (χ1n) is 6.60. The van der Waals surface area contributed by atoms with E-state index in [0.717, 1.165) is 6.07 Å². The van der Waals surface area contributed by atoms with Crippen LogP contribution in [0.5, 0.6) is 0 Å². The van der Waals surface area contributed by atoms with Gasteiger partial charge in [-0.3, -0.25) is 9.69 Å². The van der Waals surface area contributed by atoms with E-state index in [1.807, 2.05) is 4.90 Å². The Hall–Kier alpha value is -1.53. The van der Waals surface area contributed by atoms with Crippen LogP contribution in [-0.4, -0.2) is 53.1 Å². The molecule has 0 radical (unpaired) electrons. The molecule has 1 saturated heterocycles. The number of hydrogen-bond donors (Lipinski definition) is 1. The molecular weight excluding hydrogens is 266 g/mol. The molecule has 1 atom stereocenters. The molecule has 0 saturated carbocycles. The predicted molar refractivity (Wildman–Crippen MR) is 69.9 cm³/mol. The van der Waals surface area contributed by atoms with Crippen LogP contribution in [0.2, 0.25) is 0 Å². The van der Waals surface area contributed by atoms with E-state index in [1.165, 1.54) is 19.1 Å². The molecule has 1 heterocycles. The minimum absolute atomic E-state index is 0.276. The number of aliphatic hydroxyl groups excluding tert-OH is 1. The van der Waals surface area contributed by atoms with Gasteiger partial charge in [-0.05, 0) is 24.6 Å². The summed E-state index contributed by atoms with van der Waals surface area (Å²) in [6, 6.07) is 3.48. The SMILES string of the molecule is CC(O)C(=O)N1CCN(Cc2cc(F)cc(F)c2)CC1. The van der Waals surface area contributed by atoms with Crippen LogP contribution in [0.1, 0.15) is 12.5 Å². The second kappa shape index (κ2) is 6.28. The van der Waals surface area contributed by atoms with Gasteiger partial charge in [0.05, 0.1) is 0 Å². The Morgan fingerprint density at radius 2 is 1.75 bits per heavy atom. The largest absolute Gasteiger partial charge is 0.384 e. The van der Waals surface area contributed by atoms with Crippen molar-refractivity contribution in [3.63, 3.8) is 0 Å². The maximum atomic E-state index is 13.1. The number of aliphatic hydroxyl groups is 1. The van der Waals surface area contributed by atoms with E-state index in [1.54, 1.807) is 4.90 Å². The van der Waals surface area contributed by atoms with Crippen molar-refractivity contribution in [2.45, 2.75) is 19.6 Å². The van der Waals surface area contributed by atoms with Crippen LogP contribution in [-0.2, 0) is 11.3 Å². The maximum Gasteiger partial charge on any atom is 0.251 e. The topological polar surface area (TPSA) is 43.8 Å². The van der Waals surface area contributed by atoms with Crippen molar-refractivity contribution >= 4 is 5.91 Å². The van der Waals surface area contributed by atoms with Crippen LogP contribution >= 0.6 is 0 Å². The number of hydrogen-bond acceptors (Lipinski definition) is 3. The Morgan fingerprint density at radius 1 is 1.20 bits per heavy atom. The summed E-state index contributed by atoms with van der Waals surface area (Å²) in [4.78, 5) is 15.2. The van der Waals surface area contributed by atoms with E-state index >= 15 is 0 Å². The van der Waals surface area contributed by atoms with Crippen molar-refractivity contribution in [1.29, 1.82) is 0 Å². The zero-order chi connectivity index (χ0) is 14.7. The number of carbonyl (C=O) groups excluding carboxylic acids is 1. The fourth-order valence-electron chi connectivity index (χ4n) is 2.35. The van der Waals surface area contributed by atoms with Gasteiger partial charge in [0.25, 0.3) is 5.91 Å². The summed E-state index contributed by atoms with van der Waals surface area (Å²) in [5.41, 5.74) is 0.581. The highest BCUT2D eigenvalue weighted by atomic mass is 19.1. The van der Waals surface area contributed by atoms with Gasteiger partial charge in [-0.15, -0.1) is 0 Å². The quantitative estimate of drug-likeness (QED) is 0.900. The Balaban J connectivity index is 1.90. The zero-order valence-corrected chi connectivity index (χ0v) is 11.4. The average Bonchev–Trinajstić information content (AvgIpc) is 2.37. The first-order chi connectivity index (χ1) is 9.45. The molecule has 0 aliphatic carbocycles. The lowest BCUT2D eigenvalue weighted by Crippen LogP contribution is -2.50. The van der Waals surface area contributed by atoms with Gasteiger partial charge in [-0.25, -0.2) is 8.78 Å². The Morgan fingerprint density at radius 3 is 2.25 bits per heavy atom. The summed E-state index contributed by atoms with van der Waals surface area (Å²) in [5, 5.41) is 9.25. The van der Waals surface area contributed by atoms with Gasteiger partial charge in [0.1, 0.15) is 17.7 Å². The predicted octanol–water partition coefficient (Wildman–Crippen LogP) is 0.990. The minimum Gasteiger partial charge on any atom is -0.384 e. The summed E-state index contributed by atoms with van der Waals surface area (Å²) in [6.07, 6.45) is -0.987. The van der Waals surface area contributed by atoms with Crippen molar-refractivity contribution in [2.75, 3.05) is 26.2 Å². The number of amides is 1. The van der Waals surface area contributed by atoms with Crippen molar-refractivity contribution in [3.8, 4) is 0 Å². The fourth-order valence-corrected chi connectivity index (χ4v) is 2.35. The first kappa shape index (κ1) is 14.9. The van der Waals surface area contributed by atoms with Crippen LogP contribution < -0.4 is 0 Å². The molecule has 1 aromatic carbocycles. The molecule has 110 valence electrons. The van der Waals surface area contributed by atoms with Crippen molar-refractivity contribution in [2.24, 2.45) is 0 Å². The van der Waals surface area contributed by atoms with Crippen LogP contribution in [0.3, 0.4) is 0 Å². The van der Waals surface area contributed by atoms with E-state index in [4.69, 9.17) is 0 Å². The Labute approximate surface area is 116 Å². The summed E-state index contributed by atoms with van der Waals surface area (Å²) in [6.45, 7) is 4.17. The molecular formula is C14H18F2N2O2. The van der Waals surface area contributed by atoms with E-state index in [-0.39, 0.29) is 5.91 Å². The summed E-state index contributed by atoms with van der Waals surface area (Å²) >= 11 is 0. The molecule has 0 bridgehead atoms. The van der Waals surface area contributed by atoms with Crippen LogP contribution in [0.4, 0.5) is 8.78 Å². The van der Waals surface area contributed by atoms with Gasteiger partial charge in [0, 0.05) is 38.8 Å². The van der Waals surface area contributed by atoms with Crippen molar-refractivity contribution in [1.82, 2.24) is 9.80 Å². The minimum atomic E-state index is -0.987. The van der Waals surface area contributed by atoms with Gasteiger partial charge in [0.15, 0.2) is 0 Å². The summed E-state index contributed by atoms with van der Waals surface area (Å²) in [7, 11) is 0. The number of benzene rings is 1. The second-order valence-electron chi connectivity index (χ2n) is 5.06. The molecule has 1 aliphatic heterocycles. The van der Waals surface area contributed by atoms with Gasteiger partial charge in [-0.1, -0.05) is 0 Å². The van der Waals surface area contributed by atoms with Gasteiger partial charge in [-0.2, -0.15) is 0 Å². The van der Waals surface area contributed by atoms with Crippen LogP contribution in [0.15, 0.2) is 18.2 Å². The number of halogens is 2. The molecule has 1 amide bonds. The molecule has 2 rings (SSSR count). The fraction of sp³-hybridized carbons (Fsp3) is 0.500. The molecule has 1 aromatic rings. The second-order valence-corrected chi connectivity index (χ2v) is 5.06. The Kier molecular flexibility index (Phi) is 4.67. The normalized spacial score (nSPS) is 18.1. The number of nitrogens with zero attached hydrogens (tertiary/aromatic N) is 2. The number of rotatable bonds is 3. The molecule has 20 heavy (non-hydrogen) atoms. The standard InChI is InChI=1S/C14H18F2N2O2/c1-10(19)14(20)18-4-2-17(3-5-18)9-11-6-12(15)8-13(16)7-11/h6-8,10,19H,2-5,9H2,1H3. The summed E-state index contributed by atoms with van der Waals surface area (Å²) in [5.74, 6) is -1.44. The molecule has 1 aliphatic rings. The van der Waals surface area contributed by atoms with E-state index < -0.39 is 17.7 Å². The maximum absolute atomic E-state index is 13.1. The highest BCUT2D eigenvalue weighted by molar-refractivity contribution is 5.80. The highest BCUT2D eigenvalue weighted by Crippen LogP contribution is 2.12. The molecule has 1 fully saturated rings. The Bertz CT molecular complexity index is 466. The van der Waals surface area contributed by atoms with Gasteiger partial charge >= 0.3 is 0 Å². The molecule has 1 N–H and O–H groups in total. The lowest BCUT2D eigenvalue weighted by atomic mass is 10.2. The van der Waals surface area contributed by atoms with Gasteiger partial charge in [0.2, 0.25) is 0 Å². The third-order valence-electron chi connectivity index (χ3n) is 3.37. The van der Waals surface area contributed by atoms with E-state index in [2.05, 4.69) is 0 Å². The van der Waals surface area contributed by atoms with Crippen LogP contribution in [0, 0.1) is 11.6 Å². The molecule has 4 nitrogen and oxygen atoms in total. The third kappa shape index (κ3) is 3.74.